The summed E-state index contributed by atoms with van der Waals surface area (Å²) in [6, 6.07) is 5.28. The average Bonchev–Trinajstić information content (AvgIpc) is 2.94. The fraction of sp³-hybridized carbons (Fsp3) is 0.562. The maximum Gasteiger partial charge on any atom is 0.251 e. The Hall–Kier alpha value is -1.75. The van der Waals surface area contributed by atoms with Crippen molar-refractivity contribution in [3.8, 4) is 0 Å². The molecule has 5 heteroatoms. The zero-order valence-electron chi connectivity index (χ0n) is 12.6. The molecular formula is C16H25N3O2. The number of aliphatic hydroxyl groups is 1. The summed E-state index contributed by atoms with van der Waals surface area (Å²) in [5.41, 5.74) is 8.02. The van der Waals surface area contributed by atoms with Crippen LogP contribution in [0.15, 0.2) is 18.2 Å². The van der Waals surface area contributed by atoms with E-state index in [0.717, 1.165) is 25.1 Å². The van der Waals surface area contributed by atoms with Crippen LogP contribution in [-0.2, 0) is 0 Å². The highest BCUT2D eigenvalue weighted by atomic mass is 16.3. The van der Waals surface area contributed by atoms with E-state index in [4.69, 9.17) is 5.73 Å². The summed E-state index contributed by atoms with van der Waals surface area (Å²) in [5, 5.41) is 15.5. The lowest BCUT2D eigenvalue weighted by Gasteiger charge is -2.19. The van der Waals surface area contributed by atoms with E-state index < -0.39 is 0 Å². The molecule has 1 aliphatic rings. The number of nitrogens with two attached hydrogens (primary N) is 1. The van der Waals surface area contributed by atoms with Gasteiger partial charge in [-0.05, 0) is 49.8 Å². The standard InChI is InChI=1S/C16H25N3O2/c1-2-18-16(21)11-6-7-14(17)15(8-11)19-9-12-4-3-5-13(12)10-20/h6-8,12-13,19-20H,2-5,9-10,17H2,1H3,(H,18,21). The average molecular weight is 291 g/mol. The molecule has 0 aliphatic heterocycles. The molecule has 116 valence electrons. The molecule has 0 radical (unpaired) electrons. The fourth-order valence-electron chi connectivity index (χ4n) is 2.98. The van der Waals surface area contributed by atoms with Crippen LogP contribution < -0.4 is 16.4 Å². The Morgan fingerprint density at radius 2 is 2.14 bits per heavy atom. The Labute approximate surface area is 125 Å². The SMILES string of the molecule is CCNC(=O)c1ccc(N)c(NCC2CCCC2CO)c1. The topological polar surface area (TPSA) is 87.4 Å². The number of nitrogen functional groups attached to an aromatic ring is 1. The minimum absolute atomic E-state index is 0.0883. The lowest BCUT2D eigenvalue weighted by atomic mass is 9.97. The largest absolute Gasteiger partial charge is 0.397 e. The van der Waals surface area contributed by atoms with Gasteiger partial charge in [-0.2, -0.15) is 0 Å². The molecule has 21 heavy (non-hydrogen) atoms. The zero-order chi connectivity index (χ0) is 15.2. The molecule has 2 atom stereocenters. The predicted molar refractivity (Wildman–Crippen MR) is 85.3 cm³/mol. The first-order valence-electron chi connectivity index (χ1n) is 7.68. The third-order valence-electron chi connectivity index (χ3n) is 4.26. The van der Waals surface area contributed by atoms with Gasteiger partial charge >= 0.3 is 0 Å². The van der Waals surface area contributed by atoms with Crippen molar-refractivity contribution >= 4 is 17.3 Å². The highest BCUT2D eigenvalue weighted by molar-refractivity contribution is 5.96. The molecule has 0 aromatic heterocycles. The summed E-state index contributed by atoms with van der Waals surface area (Å²) < 4.78 is 0. The number of benzene rings is 1. The second-order valence-electron chi connectivity index (χ2n) is 5.68. The van der Waals surface area contributed by atoms with Gasteiger partial charge in [0, 0.05) is 25.3 Å². The molecule has 1 aromatic carbocycles. The summed E-state index contributed by atoms with van der Waals surface area (Å²) in [6.45, 7) is 3.53. The van der Waals surface area contributed by atoms with Crippen molar-refractivity contribution in [3.05, 3.63) is 23.8 Å². The third-order valence-corrected chi connectivity index (χ3v) is 4.26. The van der Waals surface area contributed by atoms with E-state index in [1.54, 1.807) is 18.2 Å². The molecule has 2 unspecified atom stereocenters. The van der Waals surface area contributed by atoms with E-state index in [0.29, 0.717) is 29.6 Å². The van der Waals surface area contributed by atoms with Crippen LogP contribution in [0.5, 0.6) is 0 Å². The van der Waals surface area contributed by atoms with Crippen molar-refractivity contribution in [2.75, 3.05) is 30.7 Å². The minimum Gasteiger partial charge on any atom is -0.397 e. The predicted octanol–water partition coefficient (Wildman–Crippen LogP) is 1.84. The van der Waals surface area contributed by atoms with E-state index in [-0.39, 0.29) is 12.5 Å². The Morgan fingerprint density at radius 1 is 1.38 bits per heavy atom. The van der Waals surface area contributed by atoms with E-state index in [9.17, 15) is 9.90 Å². The molecule has 0 saturated heterocycles. The van der Waals surface area contributed by atoms with E-state index in [1.165, 1.54) is 6.42 Å². The van der Waals surface area contributed by atoms with Gasteiger partial charge < -0.3 is 21.5 Å². The maximum absolute atomic E-state index is 11.9. The molecule has 0 bridgehead atoms. The Balaban J connectivity index is 2.02. The van der Waals surface area contributed by atoms with Crippen LogP contribution in [0.1, 0.15) is 36.5 Å². The number of anilines is 2. The van der Waals surface area contributed by atoms with E-state index in [1.807, 2.05) is 6.92 Å². The van der Waals surface area contributed by atoms with Crippen molar-refractivity contribution in [2.24, 2.45) is 11.8 Å². The molecule has 0 heterocycles. The van der Waals surface area contributed by atoms with Crippen LogP contribution in [0.3, 0.4) is 0 Å². The maximum atomic E-state index is 11.9. The Kier molecular flexibility index (Phi) is 5.44. The van der Waals surface area contributed by atoms with Gasteiger partial charge in [0.1, 0.15) is 0 Å². The van der Waals surface area contributed by atoms with Crippen molar-refractivity contribution in [3.63, 3.8) is 0 Å². The molecule has 2 rings (SSSR count). The number of nitrogens with one attached hydrogen (secondary N) is 2. The van der Waals surface area contributed by atoms with Crippen molar-refractivity contribution in [1.82, 2.24) is 5.32 Å². The third kappa shape index (κ3) is 3.88. The first kappa shape index (κ1) is 15.6. The molecule has 1 aromatic rings. The van der Waals surface area contributed by atoms with E-state index >= 15 is 0 Å². The summed E-state index contributed by atoms with van der Waals surface area (Å²) in [7, 11) is 0. The van der Waals surface area contributed by atoms with Crippen LogP contribution in [-0.4, -0.2) is 30.7 Å². The van der Waals surface area contributed by atoms with Gasteiger partial charge in [0.15, 0.2) is 0 Å². The van der Waals surface area contributed by atoms with E-state index in [2.05, 4.69) is 10.6 Å². The minimum atomic E-state index is -0.0883. The number of amides is 1. The highest BCUT2D eigenvalue weighted by Crippen LogP contribution is 2.32. The lowest BCUT2D eigenvalue weighted by Crippen LogP contribution is -2.23. The van der Waals surface area contributed by atoms with Gasteiger partial charge in [0.05, 0.1) is 11.4 Å². The zero-order valence-corrected chi connectivity index (χ0v) is 12.6. The van der Waals surface area contributed by atoms with Crippen molar-refractivity contribution < 1.29 is 9.90 Å². The van der Waals surface area contributed by atoms with Gasteiger partial charge in [-0.15, -0.1) is 0 Å². The van der Waals surface area contributed by atoms with Crippen LogP contribution in [0.4, 0.5) is 11.4 Å². The molecular weight excluding hydrogens is 266 g/mol. The molecule has 5 N–H and O–H groups in total. The van der Waals surface area contributed by atoms with Gasteiger partial charge in [-0.1, -0.05) is 6.42 Å². The number of carbonyl (C=O) groups excluding carboxylic acids is 1. The molecule has 5 nitrogen and oxygen atoms in total. The number of hydrogen-bond donors (Lipinski definition) is 4. The van der Waals surface area contributed by atoms with Crippen molar-refractivity contribution in [2.45, 2.75) is 26.2 Å². The van der Waals surface area contributed by atoms with Gasteiger partial charge in [-0.25, -0.2) is 0 Å². The number of carbonyl (C=O) groups is 1. The van der Waals surface area contributed by atoms with Gasteiger partial charge in [0.2, 0.25) is 0 Å². The lowest BCUT2D eigenvalue weighted by molar-refractivity contribution is 0.0956. The smallest absolute Gasteiger partial charge is 0.251 e. The Bertz CT molecular complexity index is 490. The molecule has 0 spiro atoms. The van der Waals surface area contributed by atoms with Gasteiger partial charge in [0.25, 0.3) is 5.91 Å². The van der Waals surface area contributed by atoms with Crippen LogP contribution in [0.25, 0.3) is 0 Å². The first-order chi connectivity index (χ1) is 10.2. The quantitative estimate of drug-likeness (QED) is 0.602. The summed E-state index contributed by atoms with van der Waals surface area (Å²) in [4.78, 5) is 11.9. The number of aliphatic hydroxyl groups excluding tert-OH is 1. The highest BCUT2D eigenvalue weighted by Gasteiger charge is 2.26. The van der Waals surface area contributed by atoms with Crippen LogP contribution in [0.2, 0.25) is 0 Å². The number of hydrogen-bond acceptors (Lipinski definition) is 4. The van der Waals surface area contributed by atoms with Crippen molar-refractivity contribution in [1.29, 1.82) is 0 Å². The van der Waals surface area contributed by atoms with Crippen LogP contribution in [0, 0.1) is 11.8 Å². The summed E-state index contributed by atoms with van der Waals surface area (Å²) in [5.74, 6) is 0.766. The monoisotopic (exact) mass is 291 g/mol. The molecule has 1 saturated carbocycles. The molecule has 1 aliphatic carbocycles. The molecule has 1 amide bonds. The number of rotatable bonds is 6. The fourth-order valence-corrected chi connectivity index (χ4v) is 2.98. The first-order valence-corrected chi connectivity index (χ1v) is 7.68. The second kappa shape index (κ2) is 7.31. The normalized spacial score (nSPS) is 21.2. The summed E-state index contributed by atoms with van der Waals surface area (Å²) >= 11 is 0. The summed E-state index contributed by atoms with van der Waals surface area (Å²) in [6.07, 6.45) is 3.40. The van der Waals surface area contributed by atoms with Gasteiger partial charge in [-0.3, -0.25) is 4.79 Å². The Morgan fingerprint density at radius 3 is 2.86 bits per heavy atom. The molecule has 1 fully saturated rings. The van der Waals surface area contributed by atoms with Crippen LogP contribution >= 0.6 is 0 Å². The second-order valence-corrected chi connectivity index (χ2v) is 5.68.